The van der Waals surface area contributed by atoms with Gasteiger partial charge in [-0.1, -0.05) is 29.8 Å². The number of amides is 1. The highest BCUT2D eigenvalue weighted by Gasteiger charge is 2.09. The number of hydrazone groups is 1. The summed E-state index contributed by atoms with van der Waals surface area (Å²) in [6, 6.07) is 11.7. The van der Waals surface area contributed by atoms with E-state index in [2.05, 4.69) is 10.5 Å². The van der Waals surface area contributed by atoms with E-state index in [1.807, 2.05) is 64.1 Å². The Hall–Kier alpha value is -2.82. The van der Waals surface area contributed by atoms with Gasteiger partial charge in [-0.15, -0.1) is 0 Å². The Morgan fingerprint density at radius 1 is 1.12 bits per heavy atom. The molecule has 5 nitrogen and oxygen atoms in total. The SMILES string of the molecule is COc1ccc(C)cc1/C(C)=N\NC(=O)COc1c(C)cccc1C. The molecule has 0 aliphatic carbocycles. The summed E-state index contributed by atoms with van der Waals surface area (Å²) in [6.45, 7) is 7.63. The van der Waals surface area contributed by atoms with Crippen molar-refractivity contribution in [3.63, 3.8) is 0 Å². The number of aryl methyl sites for hydroxylation is 3. The molecule has 5 heteroatoms. The Morgan fingerprint density at radius 3 is 2.44 bits per heavy atom. The van der Waals surface area contributed by atoms with Crippen LogP contribution in [0.25, 0.3) is 0 Å². The van der Waals surface area contributed by atoms with E-state index in [1.54, 1.807) is 7.11 Å². The van der Waals surface area contributed by atoms with Gasteiger partial charge in [-0.3, -0.25) is 4.79 Å². The van der Waals surface area contributed by atoms with Gasteiger partial charge in [0.1, 0.15) is 11.5 Å². The van der Waals surface area contributed by atoms with Crippen molar-refractivity contribution in [2.24, 2.45) is 5.10 Å². The number of carbonyl (C=O) groups is 1. The fourth-order valence-electron chi connectivity index (χ4n) is 2.51. The second kappa shape index (κ2) is 8.33. The summed E-state index contributed by atoms with van der Waals surface area (Å²) in [5.41, 5.74) is 7.13. The first kappa shape index (κ1) is 18.5. The maximum atomic E-state index is 12.0. The topological polar surface area (TPSA) is 59.9 Å². The average molecular weight is 340 g/mol. The first-order chi connectivity index (χ1) is 11.9. The Balaban J connectivity index is 2.01. The quantitative estimate of drug-likeness (QED) is 0.646. The fourth-order valence-corrected chi connectivity index (χ4v) is 2.51. The standard InChI is InChI=1S/C20H24N2O3/c1-13-9-10-18(24-5)17(11-13)16(4)21-22-19(23)12-25-20-14(2)7-6-8-15(20)3/h6-11H,12H2,1-5H3,(H,22,23)/b21-16-. The predicted molar refractivity (Wildman–Crippen MR) is 99.5 cm³/mol. The zero-order chi connectivity index (χ0) is 18.4. The number of nitrogens with one attached hydrogen (secondary N) is 1. The minimum absolute atomic E-state index is 0.0899. The van der Waals surface area contributed by atoms with Gasteiger partial charge in [0.15, 0.2) is 6.61 Å². The number of hydrogen-bond acceptors (Lipinski definition) is 4. The highest BCUT2D eigenvalue weighted by atomic mass is 16.5. The third kappa shape index (κ3) is 4.83. The summed E-state index contributed by atoms with van der Waals surface area (Å²) in [4.78, 5) is 12.0. The van der Waals surface area contributed by atoms with E-state index in [9.17, 15) is 4.79 Å². The summed E-state index contributed by atoms with van der Waals surface area (Å²) >= 11 is 0. The van der Waals surface area contributed by atoms with Gasteiger partial charge in [0.25, 0.3) is 5.91 Å². The molecule has 0 unspecified atom stereocenters. The molecule has 0 radical (unpaired) electrons. The van der Waals surface area contributed by atoms with Gasteiger partial charge < -0.3 is 9.47 Å². The molecule has 2 aromatic carbocycles. The molecule has 0 bridgehead atoms. The monoisotopic (exact) mass is 340 g/mol. The van der Waals surface area contributed by atoms with E-state index in [0.717, 1.165) is 28.0 Å². The van der Waals surface area contributed by atoms with Crippen LogP contribution in [0.3, 0.4) is 0 Å². The molecule has 0 fully saturated rings. The van der Waals surface area contributed by atoms with E-state index < -0.39 is 0 Å². The minimum atomic E-state index is -0.311. The Labute approximate surface area is 148 Å². The van der Waals surface area contributed by atoms with Crippen molar-refractivity contribution in [1.29, 1.82) is 0 Å². The van der Waals surface area contributed by atoms with Crippen molar-refractivity contribution in [1.82, 2.24) is 5.43 Å². The lowest BCUT2D eigenvalue weighted by Gasteiger charge is -2.11. The third-order valence-electron chi connectivity index (χ3n) is 3.85. The normalized spacial score (nSPS) is 11.2. The van der Waals surface area contributed by atoms with Crippen LogP contribution in [0.2, 0.25) is 0 Å². The Bertz CT molecular complexity index is 777. The van der Waals surface area contributed by atoms with Gasteiger partial charge in [-0.05, 0) is 51.0 Å². The molecule has 2 aromatic rings. The molecule has 0 spiro atoms. The van der Waals surface area contributed by atoms with Crippen LogP contribution in [-0.4, -0.2) is 25.3 Å². The van der Waals surface area contributed by atoms with E-state index >= 15 is 0 Å². The van der Waals surface area contributed by atoms with Crippen LogP contribution in [0.1, 0.15) is 29.2 Å². The molecule has 132 valence electrons. The van der Waals surface area contributed by atoms with Crippen LogP contribution < -0.4 is 14.9 Å². The number of methoxy groups -OCH3 is 1. The highest BCUT2D eigenvalue weighted by molar-refractivity contribution is 6.01. The summed E-state index contributed by atoms with van der Waals surface area (Å²) in [6.07, 6.45) is 0. The number of para-hydroxylation sites is 1. The zero-order valence-electron chi connectivity index (χ0n) is 15.3. The van der Waals surface area contributed by atoms with Crippen LogP contribution in [-0.2, 0) is 4.79 Å². The minimum Gasteiger partial charge on any atom is -0.496 e. The summed E-state index contributed by atoms with van der Waals surface area (Å²) < 4.78 is 11.0. The summed E-state index contributed by atoms with van der Waals surface area (Å²) in [7, 11) is 1.61. The van der Waals surface area contributed by atoms with E-state index in [4.69, 9.17) is 9.47 Å². The van der Waals surface area contributed by atoms with Gasteiger partial charge >= 0.3 is 0 Å². The lowest BCUT2D eigenvalue weighted by Crippen LogP contribution is -2.26. The average Bonchev–Trinajstić information content (AvgIpc) is 2.59. The second-order valence-electron chi connectivity index (χ2n) is 5.95. The lowest BCUT2D eigenvalue weighted by molar-refractivity contribution is -0.123. The van der Waals surface area contributed by atoms with Crippen LogP contribution >= 0.6 is 0 Å². The van der Waals surface area contributed by atoms with Crippen LogP contribution in [0.4, 0.5) is 0 Å². The number of benzene rings is 2. The number of rotatable bonds is 6. The third-order valence-corrected chi connectivity index (χ3v) is 3.85. The molecule has 25 heavy (non-hydrogen) atoms. The molecule has 0 aliphatic rings. The van der Waals surface area contributed by atoms with Crippen molar-refractivity contribution in [2.45, 2.75) is 27.7 Å². The summed E-state index contributed by atoms with van der Waals surface area (Å²) in [5.74, 6) is 1.14. The van der Waals surface area contributed by atoms with Gasteiger partial charge in [0.2, 0.25) is 0 Å². The molecule has 0 atom stereocenters. The number of hydrogen-bond donors (Lipinski definition) is 1. The highest BCUT2D eigenvalue weighted by Crippen LogP contribution is 2.22. The predicted octanol–water partition coefficient (Wildman–Crippen LogP) is 3.54. The van der Waals surface area contributed by atoms with Crippen molar-refractivity contribution in [3.8, 4) is 11.5 Å². The van der Waals surface area contributed by atoms with Crippen molar-refractivity contribution < 1.29 is 14.3 Å². The van der Waals surface area contributed by atoms with Crippen LogP contribution in [0.15, 0.2) is 41.5 Å². The molecule has 1 N–H and O–H groups in total. The van der Waals surface area contributed by atoms with E-state index in [1.165, 1.54) is 0 Å². The van der Waals surface area contributed by atoms with Crippen molar-refractivity contribution in [2.75, 3.05) is 13.7 Å². The smallest absolute Gasteiger partial charge is 0.277 e. The molecule has 0 saturated heterocycles. The molecule has 2 rings (SSSR count). The molecule has 0 heterocycles. The molecule has 0 saturated carbocycles. The van der Waals surface area contributed by atoms with Crippen LogP contribution in [0, 0.1) is 20.8 Å². The molecule has 1 amide bonds. The maximum Gasteiger partial charge on any atom is 0.277 e. The second-order valence-corrected chi connectivity index (χ2v) is 5.95. The number of carbonyl (C=O) groups excluding carboxylic acids is 1. The van der Waals surface area contributed by atoms with Gasteiger partial charge in [0, 0.05) is 5.56 Å². The van der Waals surface area contributed by atoms with Crippen LogP contribution in [0.5, 0.6) is 11.5 Å². The number of ether oxygens (including phenoxy) is 2. The van der Waals surface area contributed by atoms with Crippen molar-refractivity contribution >= 4 is 11.6 Å². The van der Waals surface area contributed by atoms with Crippen molar-refractivity contribution in [3.05, 3.63) is 58.7 Å². The van der Waals surface area contributed by atoms with Gasteiger partial charge in [0.05, 0.1) is 12.8 Å². The maximum absolute atomic E-state index is 12.0. The van der Waals surface area contributed by atoms with E-state index in [0.29, 0.717) is 11.5 Å². The van der Waals surface area contributed by atoms with Gasteiger partial charge in [-0.25, -0.2) is 5.43 Å². The number of nitrogens with zero attached hydrogens (tertiary/aromatic N) is 1. The first-order valence-corrected chi connectivity index (χ1v) is 8.09. The molecule has 0 aliphatic heterocycles. The van der Waals surface area contributed by atoms with E-state index in [-0.39, 0.29) is 12.5 Å². The first-order valence-electron chi connectivity index (χ1n) is 8.09. The Kier molecular flexibility index (Phi) is 6.17. The lowest BCUT2D eigenvalue weighted by atomic mass is 10.1. The largest absolute Gasteiger partial charge is 0.496 e. The molecular weight excluding hydrogens is 316 g/mol. The fraction of sp³-hybridized carbons (Fsp3) is 0.300. The molecular formula is C20H24N2O3. The van der Waals surface area contributed by atoms with Gasteiger partial charge in [-0.2, -0.15) is 5.10 Å². The Morgan fingerprint density at radius 2 is 1.80 bits per heavy atom. The molecule has 0 aromatic heterocycles. The zero-order valence-corrected chi connectivity index (χ0v) is 15.3. The summed E-state index contributed by atoms with van der Waals surface area (Å²) in [5, 5.41) is 4.16.